The van der Waals surface area contributed by atoms with Gasteiger partial charge in [-0.1, -0.05) is 23.5 Å². The Kier molecular flexibility index (Phi) is 4.39. The van der Waals surface area contributed by atoms with E-state index in [1.54, 1.807) is 0 Å². The van der Waals surface area contributed by atoms with Crippen molar-refractivity contribution in [2.45, 2.75) is 18.6 Å². The van der Waals surface area contributed by atoms with E-state index in [0.29, 0.717) is 11.0 Å². The molecule has 0 N–H and O–H groups in total. The van der Waals surface area contributed by atoms with E-state index in [0.717, 1.165) is 12.2 Å². The van der Waals surface area contributed by atoms with Gasteiger partial charge in [0.25, 0.3) is 0 Å². The monoisotopic (exact) mass is 222 g/mol. The average Bonchev–Trinajstić information content (AvgIpc) is 2.37. The van der Waals surface area contributed by atoms with Crippen molar-refractivity contribution >= 4 is 45.2 Å². The number of carbonyl (C=O) groups is 1. The van der Waals surface area contributed by atoms with Crippen molar-refractivity contribution in [3.63, 3.8) is 0 Å². The molecular formula is C7H10O2S3. The number of ether oxygens (including phenoxy) is 1. The largest absolute Gasteiger partial charge is 0.479 e. The molecule has 0 aromatic heterocycles. The lowest BCUT2D eigenvalue weighted by molar-refractivity contribution is -0.110. The van der Waals surface area contributed by atoms with E-state index < -0.39 is 0 Å². The highest BCUT2D eigenvalue weighted by atomic mass is 32.2. The molecule has 2 nitrogen and oxygen atoms in total. The Morgan fingerprint density at radius 2 is 2.67 bits per heavy atom. The molecule has 0 amide bonds. The van der Waals surface area contributed by atoms with Crippen LogP contribution < -0.4 is 0 Å². The molecule has 0 saturated carbocycles. The molecule has 0 aliphatic carbocycles. The first-order chi connectivity index (χ1) is 5.74. The Balaban J connectivity index is 2.30. The summed E-state index contributed by atoms with van der Waals surface area (Å²) in [5.74, 6) is 0.922. The van der Waals surface area contributed by atoms with Crippen molar-refractivity contribution in [2.75, 3.05) is 12.4 Å². The zero-order chi connectivity index (χ0) is 8.97. The maximum atomic E-state index is 11.1. The third-order valence-electron chi connectivity index (χ3n) is 1.39. The lowest BCUT2D eigenvalue weighted by Crippen LogP contribution is -2.10. The minimum atomic E-state index is 0.0362. The molecule has 1 aliphatic rings. The summed E-state index contributed by atoms with van der Waals surface area (Å²) in [6, 6.07) is 0. The predicted molar refractivity (Wildman–Crippen MR) is 57.7 cm³/mol. The van der Waals surface area contributed by atoms with Crippen molar-refractivity contribution in [2.24, 2.45) is 0 Å². The third-order valence-corrected chi connectivity index (χ3v) is 4.00. The van der Waals surface area contributed by atoms with E-state index in [1.807, 2.05) is 6.92 Å². The lowest BCUT2D eigenvalue weighted by atomic mass is 10.4. The van der Waals surface area contributed by atoms with E-state index in [2.05, 4.69) is 0 Å². The van der Waals surface area contributed by atoms with Crippen molar-refractivity contribution in [1.29, 1.82) is 0 Å². The molecule has 1 aliphatic heterocycles. The fraction of sp³-hybridized carbons (Fsp3) is 0.714. The Bertz CT molecular complexity index is 193. The second-order valence-corrected chi connectivity index (χ2v) is 5.15. The van der Waals surface area contributed by atoms with Crippen LogP contribution in [0.25, 0.3) is 0 Å². The van der Waals surface area contributed by atoms with Crippen LogP contribution in [0.4, 0.5) is 0 Å². The van der Waals surface area contributed by atoms with Gasteiger partial charge in [-0.3, -0.25) is 4.79 Å². The number of thiocarbonyl (C=S) groups is 1. The molecule has 1 rings (SSSR count). The van der Waals surface area contributed by atoms with Crippen molar-refractivity contribution in [3.05, 3.63) is 0 Å². The first-order valence-corrected chi connectivity index (χ1v) is 6.01. The van der Waals surface area contributed by atoms with Gasteiger partial charge in [0.15, 0.2) is 0 Å². The van der Waals surface area contributed by atoms with Gasteiger partial charge < -0.3 is 4.74 Å². The van der Waals surface area contributed by atoms with Gasteiger partial charge in [-0.15, -0.1) is 0 Å². The summed E-state index contributed by atoms with van der Waals surface area (Å²) in [7, 11) is 0. The highest BCUT2D eigenvalue weighted by Gasteiger charge is 2.27. The highest BCUT2D eigenvalue weighted by Crippen LogP contribution is 2.30. The summed E-state index contributed by atoms with van der Waals surface area (Å²) in [5, 5.41) is 0.274. The summed E-state index contributed by atoms with van der Waals surface area (Å²) >= 11 is 7.69. The Hall–Kier alpha value is 0.260. The predicted octanol–water partition coefficient (Wildman–Crippen LogP) is 2.07. The molecule has 1 atom stereocenters. The summed E-state index contributed by atoms with van der Waals surface area (Å²) in [4.78, 5) is 11.1. The number of carbonyl (C=O) groups excluding carboxylic acids is 1. The van der Waals surface area contributed by atoms with Gasteiger partial charge >= 0.3 is 0 Å². The minimum Gasteiger partial charge on any atom is -0.479 e. The van der Waals surface area contributed by atoms with Crippen LogP contribution in [0.1, 0.15) is 13.3 Å². The molecule has 0 bridgehead atoms. The maximum Gasteiger partial charge on any atom is 0.220 e. The Morgan fingerprint density at radius 3 is 3.17 bits per heavy atom. The first kappa shape index (κ1) is 10.3. The summed E-state index contributed by atoms with van der Waals surface area (Å²) in [6.45, 7) is 2.47. The molecule has 1 unspecified atom stereocenters. The zero-order valence-electron chi connectivity index (χ0n) is 6.74. The zero-order valence-corrected chi connectivity index (χ0v) is 9.19. The maximum absolute atomic E-state index is 11.1. The second kappa shape index (κ2) is 5.09. The van der Waals surface area contributed by atoms with Gasteiger partial charge in [0, 0.05) is 5.75 Å². The summed E-state index contributed by atoms with van der Waals surface area (Å²) < 4.78 is 5.58. The fourth-order valence-corrected chi connectivity index (χ4v) is 3.42. The molecular weight excluding hydrogens is 212 g/mol. The number of hydrogen-bond donors (Lipinski definition) is 0. The molecule has 1 heterocycles. The van der Waals surface area contributed by atoms with E-state index in [-0.39, 0.29) is 10.4 Å². The molecule has 0 radical (unpaired) electrons. The van der Waals surface area contributed by atoms with E-state index >= 15 is 0 Å². The van der Waals surface area contributed by atoms with Crippen LogP contribution in [0.3, 0.4) is 0 Å². The quantitative estimate of drug-likeness (QED) is 0.667. The smallest absolute Gasteiger partial charge is 0.220 e. The van der Waals surface area contributed by atoms with E-state index in [9.17, 15) is 4.79 Å². The highest BCUT2D eigenvalue weighted by molar-refractivity contribution is 8.25. The summed E-state index contributed by atoms with van der Waals surface area (Å²) in [5.41, 5.74) is 0. The first-order valence-electron chi connectivity index (χ1n) is 3.74. The molecule has 0 aromatic rings. The van der Waals surface area contributed by atoms with Crippen molar-refractivity contribution < 1.29 is 9.53 Å². The van der Waals surface area contributed by atoms with E-state index in [4.69, 9.17) is 17.0 Å². The number of hydrogen-bond acceptors (Lipinski definition) is 5. The second-order valence-electron chi connectivity index (χ2n) is 2.25. The van der Waals surface area contributed by atoms with Crippen LogP contribution in [0.15, 0.2) is 0 Å². The van der Waals surface area contributed by atoms with Crippen molar-refractivity contribution in [3.8, 4) is 0 Å². The average molecular weight is 222 g/mol. The van der Waals surface area contributed by atoms with Crippen LogP contribution in [-0.2, 0) is 9.53 Å². The van der Waals surface area contributed by atoms with E-state index in [1.165, 1.54) is 23.5 Å². The van der Waals surface area contributed by atoms with Crippen LogP contribution in [0.5, 0.6) is 0 Å². The van der Waals surface area contributed by atoms with Crippen molar-refractivity contribution in [1.82, 2.24) is 0 Å². The molecule has 5 heteroatoms. The molecule has 68 valence electrons. The van der Waals surface area contributed by atoms with Crippen LogP contribution in [0, 0.1) is 0 Å². The van der Waals surface area contributed by atoms with Gasteiger partial charge in [0.05, 0.1) is 11.9 Å². The van der Waals surface area contributed by atoms with Gasteiger partial charge in [-0.2, -0.15) is 0 Å². The SMILES string of the molecule is CCOC(=S)SC1CCSC1=O. The molecule has 1 saturated heterocycles. The fourth-order valence-electron chi connectivity index (χ4n) is 0.852. The topological polar surface area (TPSA) is 26.3 Å². The Labute approximate surface area is 85.8 Å². The number of rotatable bonds is 2. The van der Waals surface area contributed by atoms with Crippen LogP contribution in [-0.4, -0.2) is 27.1 Å². The molecule has 1 fully saturated rings. The van der Waals surface area contributed by atoms with Crippen LogP contribution >= 0.6 is 35.7 Å². The Morgan fingerprint density at radius 1 is 1.92 bits per heavy atom. The van der Waals surface area contributed by atoms with Gasteiger partial charge in [-0.05, 0) is 25.6 Å². The van der Waals surface area contributed by atoms with Gasteiger partial charge in [0.2, 0.25) is 9.50 Å². The number of thioether (sulfide) groups is 2. The normalized spacial score (nSPS) is 22.8. The van der Waals surface area contributed by atoms with Crippen LogP contribution in [0.2, 0.25) is 0 Å². The van der Waals surface area contributed by atoms with Gasteiger partial charge in [0.1, 0.15) is 0 Å². The minimum absolute atomic E-state index is 0.0362. The third kappa shape index (κ3) is 2.95. The standard InChI is InChI=1S/C7H10O2S3/c1-2-9-7(10)12-5-3-4-11-6(5)8/h5H,2-4H2,1H3. The van der Waals surface area contributed by atoms with Gasteiger partial charge in [-0.25, -0.2) is 0 Å². The molecule has 0 spiro atoms. The lowest BCUT2D eigenvalue weighted by Gasteiger charge is -2.07. The molecule has 0 aromatic carbocycles. The molecule has 12 heavy (non-hydrogen) atoms. The summed E-state index contributed by atoms with van der Waals surface area (Å²) in [6.07, 6.45) is 0.918.